The van der Waals surface area contributed by atoms with E-state index < -0.39 is 5.97 Å². The maximum atomic E-state index is 10.6. The average molecular weight is 284 g/mol. The molecule has 20 heavy (non-hydrogen) atoms. The lowest BCUT2D eigenvalue weighted by molar-refractivity contribution is -0.136. The van der Waals surface area contributed by atoms with Gasteiger partial charge >= 0.3 is 5.97 Å². The predicted octanol–water partition coefficient (Wildman–Crippen LogP) is 4.12. The molecule has 0 saturated carbocycles. The molecular weight excluding hydrogens is 268 g/mol. The van der Waals surface area contributed by atoms with Crippen molar-refractivity contribution in [1.29, 1.82) is 0 Å². The van der Waals surface area contributed by atoms with Crippen molar-refractivity contribution >= 4 is 23.8 Å². The van der Waals surface area contributed by atoms with Crippen molar-refractivity contribution in [2.75, 3.05) is 5.75 Å². The number of rotatable bonds is 6. The smallest absolute Gasteiger partial charge is 0.307 e. The van der Waals surface area contributed by atoms with Gasteiger partial charge in [-0.15, -0.1) is 11.8 Å². The van der Waals surface area contributed by atoms with E-state index in [1.54, 1.807) is 11.8 Å². The number of benzene rings is 2. The van der Waals surface area contributed by atoms with Gasteiger partial charge in [0.2, 0.25) is 0 Å². The van der Waals surface area contributed by atoms with Gasteiger partial charge in [-0.3, -0.25) is 4.79 Å². The van der Waals surface area contributed by atoms with Gasteiger partial charge in [-0.2, -0.15) is 0 Å². The first-order chi connectivity index (χ1) is 9.74. The first-order valence-electron chi connectivity index (χ1n) is 6.39. The second kappa shape index (κ2) is 7.56. The van der Waals surface area contributed by atoms with Crippen LogP contribution < -0.4 is 0 Å². The number of hydrogen-bond donors (Lipinski definition) is 1. The minimum absolute atomic E-state index is 0.0822. The molecule has 2 aromatic rings. The van der Waals surface area contributed by atoms with Crippen LogP contribution in [0.25, 0.3) is 6.08 Å². The lowest BCUT2D eigenvalue weighted by Crippen LogP contribution is -1.99. The summed E-state index contributed by atoms with van der Waals surface area (Å²) in [5.41, 5.74) is 2.03. The second-order valence-electron chi connectivity index (χ2n) is 4.34. The number of carboxylic acid groups (broad SMARTS) is 1. The van der Waals surface area contributed by atoms with Crippen LogP contribution in [0.2, 0.25) is 0 Å². The lowest BCUT2D eigenvalue weighted by atomic mass is 10.2. The molecule has 2 nitrogen and oxygen atoms in total. The Morgan fingerprint density at radius 1 is 1.05 bits per heavy atom. The molecule has 0 unspecified atom stereocenters. The summed E-state index contributed by atoms with van der Waals surface area (Å²) in [6, 6.07) is 17.9. The van der Waals surface area contributed by atoms with Crippen molar-refractivity contribution in [1.82, 2.24) is 0 Å². The molecule has 1 N–H and O–H groups in total. The Morgan fingerprint density at radius 2 is 1.75 bits per heavy atom. The normalized spacial score (nSPS) is 10.8. The van der Waals surface area contributed by atoms with E-state index in [2.05, 4.69) is 24.3 Å². The average Bonchev–Trinajstić information content (AvgIpc) is 2.46. The van der Waals surface area contributed by atoms with E-state index in [0.717, 1.165) is 16.2 Å². The van der Waals surface area contributed by atoms with Crippen LogP contribution in [0.1, 0.15) is 11.1 Å². The SMILES string of the molecule is O=C(O)Cc1ccc(SCC=Cc2ccccc2)cc1. The van der Waals surface area contributed by atoms with Crippen LogP contribution in [-0.4, -0.2) is 16.8 Å². The highest BCUT2D eigenvalue weighted by Gasteiger charge is 2.00. The fourth-order valence-electron chi connectivity index (χ4n) is 1.77. The Labute approximate surface area is 123 Å². The second-order valence-corrected chi connectivity index (χ2v) is 5.43. The van der Waals surface area contributed by atoms with Crippen LogP contribution in [0.15, 0.2) is 65.6 Å². The van der Waals surface area contributed by atoms with Crippen LogP contribution in [0.4, 0.5) is 0 Å². The third-order valence-corrected chi connectivity index (χ3v) is 3.70. The first-order valence-corrected chi connectivity index (χ1v) is 7.38. The minimum atomic E-state index is -0.795. The topological polar surface area (TPSA) is 37.3 Å². The monoisotopic (exact) mass is 284 g/mol. The van der Waals surface area contributed by atoms with Crippen molar-refractivity contribution in [3.8, 4) is 0 Å². The molecule has 0 aliphatic rings. The first kappa shape index (κ1) is 14.4. The highest BCUT2D eigenvalue weighted by Crippen LogP contribution is 2.19. The van der Waals surface area contributed by atoms with Gasteiger partial charge in [0.25, 0.3) is 0 Å². The molecule has 0 amide bonds. The molecule has 0 aromatic heterocycles. The molecule has 0 atom stereocenters. The third-order valence-electron chi connectivity index (χ3n) is 2.73. The zero-order valence-corrected chi connectivity index (χ0v) is 11.8. The Kier molecular flexibility index (Phi) is 5.44. The van der Waals surface area contributed by atoms with Crippen molar-refractivity contribution in [2.24, 2.45) is 0 Å². The molecule has 0 fully saturated rings. The van der Waals surface area contributed by atoms with Gasteiger partial charge in [0.1, 0.15) is 0 Å². The molecule has 102 valence electrons. The summed E-state index contributed by atoms with van der Waals surface area (Å²) < 4.78 is 0. The van der Waals surface area contributed by atoms with Crippen LogP contribution in [0, 0.1) is 0 Å². The quantitative estimate of drug-likeness (QED) is 0.811. The number of carbonyl (C=O) groups is 1. The van der Waals surface area contributed by atoms with Gasteiger partial charge in [-0.25, -0.2) is 0 Å². The fraction of sp³-hybridized carbons (Fsp3) is 0.118. The van der Waals surface area contributed by atoms with Crippen LogP contribution in [0.5, 0.6) is 0 Å². The van der Waals surface area contributed by atoms with Gasteiger partial charge < -0.3 is 5.11 Å². The summed E-state index contributed by atoms with van der Waals surface area (Å²) in [5.74, 6) is 0.101. The third kappa shape index (κ3) is 4.94. The Bertz CT molecular complexity index is 574. The Hall–Kier alpha value is -2.00. The van der Waals surface area contributed by atoms with E-state index >= 15 is 0 Å². The van der Waals surface area contributed by atoms with Crippen LogP contribution in [-0.2, 0) is 11.2 Å². The van der Waals surface area contributed by atoms with E-state index in [0.29, 0.717) is 0 Å². The molecule has 0 heterocycles. The van der Waals surface area contributed by atoms with Crippen LogP contribution in [0.3, 0.4) is 0 Å². The van der Waals surface area contributed by atoms with Gasteiger partial charge in [0.15, 0.2) is 0 Å². The molecule has 2 aromatic carbocycles. The number of carboxylic acids is 1. The number of thioether (sulfide) groups is 1. The van der Waals surface area contributed by atoms with Crippen molar-refractivity contribution in [2.45, 2.75) is 11.3 Å². The summed E-state index contributed by atoms with van der Waals surface area (Å²) in [6.07, 6.45) is 4.32. The highest BCUT2D eigenvalue weighted by molar-refractivity contribution is 7.99. The zero-order valence-electron chi connectivity index (χ0n) is 11.0. The standard InChI is InChI=1S/C17H16O2S/c18-17(19)13-15-8-10-16(11-9-15)20-12-4-7-14-5-2-1-3-6-14/h1-11H,12-13H2,(H,18,19). The van der Waals surface area contributed by atoms with Crippen molar-refractivity contribution < 1.29 is 9.90 Å². The minimum Gasteiger partial charge on any atom is -0.481 e. The van der Waals surface area contributed by atoms with Crippen molar-refractivity contribution in [3.05, 3.63) is 71.8 Å². The van der Waals surface area contributed by atoms with Gasteiger partial charge in [-0.1, -0.05) is 54.6 Å². The van der Waals surface area contributed by atoms with Crippen molar-refractivity contribution in [3.63, 3.8) is 0 Å². The molecule has 0 aliphatic carbocycles. The Morgan fingerprint density at radius 3 is 2.40 bits per heavy atom. The van der Waals surface area contributed by atoms with Gasteiger partial charge in [0.05, 0.1) is 6.42 Å². The van der Waals surface area contributed by atoms with E-state index in [4.69, 9.17) is 5.11 Å². The summed E-state index contributed by atoms with van der Waals surface area (Å²) in [7, 11) is 0. The molecule has 0 radical (unpaired) electrons. The van der Waals surface area contributed by atoms with Gasteiger partial charge in [-0.05, 0) is 23.3 Å². The van der Waals surface area contributed by atoms with E-state index in [9.17, 15) is 4.79 Å². The Balaban J connectivity index is 1.82. The van der Waals surface area contributed by atoms with E-state index in [-0.39, 0.29) is 6.42 Å². The maximum Gasteiger partial charge on any atom is 0.307 e. The molecule has 3 heteroatoms. The fourth-order valence-corrected chi connectivity index (χ4v) is 2.48. The highest BCUT2D eigenvalue weighted by atomic mass is 32.2. The molecule has 0 saturated heterocycles. The molecule has 0 bridgehead atoms. The summed E-state index contributed by atoms with van der Waals surface area (Å²) >= 11 is 1.73. The number of hydrogen-bond acceptors (Lipinski definition) is 2. The molecular formula is C17H16O2S. The van der Waals surface area contributed by atoms with Crippen LogP contribution >= 0.6 is 11.8 Å². The summed E-state index contributed by atoms with van der Waals surface area (Å²) in [4.78, 5) is 11.7. The van der Waals surface area contributed by atoms with E-state index in [1.165, 1.54) is 5.56 Å². The molecule has 0 aliphatic heterocycles. The predicted molar refractivity (Wildman–Crippen MR) is 84.0 cm³/mol. The lowest BCUT2D eigenvalue weighted by Gasteiger charge is -2.00. The zero-order chi connectivity index (χ0) is 14.2. The number of aliphatic carboxylic acids is 1. The molecule has 2 rings (SSSR count). The summed E-state index contributed by atoms with van der Waals surface area (Å²) in [6.45, 7) is 0. The summed E-state index contributed by atoms with van der Waals surface area (Å²) in [5, 5.41) is 8.70. The maximum absolute atomic E-state index is 10.6. The molecule has 0 spiro atoms. The van der Waals surface area contributed by atoms with E-state index in [1.807, 2.05) is 42.5 Å². The largest absolute Gasteiger partial charge is 0.481 e. The van der Waals surface area contributed by atoms with Gasteiger partial charge in [0, 0.05) is 10.6 Å².